The zero-order valence-corrected chi connectivity index (χ0v) is 35.0. The summed E-state index contributed by atoms with van der Waals surface area (Å²) in [5, 5.41) is 2.23. The van der Waals surface area contributed by atoms with E-state index in [1.54, 1.807) is 0 Å². The smallest absolute Gasteiger partial charge is 0.164 e. The van der Waals surface area contributed by atoms with Crippen LogP contribution in [-0.4, -0.2) is 15.0 Å². The molecule has 2 aromatic heterocycles. The summed E-state index contributed by atoms with van der Waals surface area (Å²) in [4.78, 5) is 15.5. The van der Waals surface area contributed by atoms with Crippen LogP contribution in [0.25, 0.3) is 78.1 Å². The van der Waals surface area contributed by atoms with E-state index in [9.17, 15) is 0 Å². The predicted molar refractivity (Wildman–Crippen MR) is 258 cm³/mol. The Morgan fingerprint density at radius 2 is 1.06 bits per heavy atom. The topological polar surface area (TPSA) is 51.8 Å². The molecule has 2 heterocycles. The Bertz CT molecular complexity index is 3430. The molecular formula is C59H41N3O. The molecule has 0 saturated carbocycles. The maximum Gasteiger partial charge on any atom is 0.164 e. The van der Waals surface area contributed by atoms with Crippen molar-refractivity contribution in [2.45, 2.75) is 19.3 Å². The number of rotatable bonds is 5. The highest BCUT2D eigenvalue weighted by molar-refractivity contribution is 6.12. The van der Waals surface area contributed by atoms with Crippen LogP contribution in [0.2, 0.25) is 0 Å². The van der Waals surface area contributed by atoms with Gasteiger partial charge in [0.25, 0.3) is 0 Å². The molecule has 1 unspecified atom stereocenters. The molecule has 298 valence electrons. The molecule has 4 heteroatoms. The normalized spacial score (nSPS) is 17.8. The number of furan rings is 1. The molecule has 0 aliphatic heterocycles. The fourth-order valence-electron chi connectivity index (χ4n) is 10.4. The lowest BCUT2D eigenvalue weighted by molar-refractivity contribution is 0.669. The second-order valence-electron chi connectivity index (χ2n) is 16.6. The van der Waals surface area contributed by atoms with E-state index in [1.807, 2.05) is 36.4 Å². The molecule has 3 aliphatic rings. The summed E-state index contributed by atoms with van der Waals surface area (Å²) in [7, 11) is 0. The van der Waals surface area contributed by atoms with Crippen molar-refractivity contribution in [3.05, 3.63) is 246 Å². The van der Waals surface area contributed by atoms with E-state index >= 15 is 0 Å². The maximum absolute atomic E-state index is 6.22. The van der Waals surface area contributed by atoms with Crippen molar-refractivity contribution >= 4 is 33.1 Å². The van der Waals surface area contributed by atoms with Crippen LogP contribution in [0, 0.1) is 5.92 Å². The lowest BCUT2D eigenvalue weighted by atomic mass is 9.67. The molecule has 9 aromatic rings. The zero-order chi connectivity index (χ0) is 42.1. The Hall–Kier alpha value is -7.95. The van der Waals surface area contributed by atoms with Crippen LogP contribution in [0.4, 0.5) is 0 Å². The van der Waals surface area contributed by atoms with E-state index in [4.69, 9.17) is 19.4 Å². The van der Waals surface area contributed by atoms with E-state index in [2.05, 4.69) is 184 Å². The number of nitrogens with zero attached hydrogens (tertiary/aromatic N) is 3. The zero-order valence-electron chi connectivity index (χ0n) is 35.0. The minimum absolute atomic E-state index is 0.0431. The number of benzene rings is 7. The van der Waals surface area contributed by atoms with Crippen LogP contribution in [-0.2, 0) is 5.41 Å². The van der Waals surface area contributed by atoms with Crippen LogP contribution < -0.4 is 0 Å². The first-order valence-corrected chi connectivity index (χ1v) is 21.7. The van der Waals surface area contributed by atoms with Gasteiger partial charge in [0.15, 0.2) is 17.5 Å². The van der Waals surface area contributed by atoms with Crippen molar-refractivity contribution in [1.29, 1.82) is 0 Å². The quantitative estimate of drug-likeness (QED) is 0.174. The maximum atomic E-state index is 6.22. The van der Waals surface area contributed by atoms with Gasteiger partial charge in [-0.3, -0.25) is 0 Å². The van der Waals surface area contributed by atoms with Gasteiger partial charge in [0, 0.05) is 33.4 Å². The third kappa shape index (κ3) is 5.65. The third-order valence-corrected chi connectivity index (χ3v) is 13.1. The first-order chi connectivity index (χ1) is 31.1. The molecule has 63 heavy (non-hydrogen) atoms. The van der Waals surface area contributed by atoms with E-state index in [0.717, 1.165) is 49.8 Å². The highest BCUT2D eigenvalue weighted by Crippen LogP contribution is 2.65. The van der Waals surface area contributed by atoms with Crippen molar-refractivity contribution in [1.82, 2.24) is 15.0 Å². The van der Waals surface area contributed by atoms with Crippen molar-refractivity contribution in [3.63, 3.8) is 0 Å². The van der Waals surface area contributed by atoms with Crippen LogP contribution in [0.5, 0.6) is 0 Å². The number of para-hydroxylation sites is 1. The summed E-state index contributed by atoms with van der Waals surface area (Å²) < 4.78 is 6.22. The molecule has 1 atom stereocenters. The number of fused-ring (bicyclic) bond motifs is 10. The van der Waals surface area contributed by atoms with Gasteiger partial charge >= 0.3 is 0 Å². The standard InChI is InChI=1S/C59H41N3O/c1-3-4-19-47-46-22-10-14-27-51(46)59(49-25-12-8-20-44(49)45-21-9-13-26-50(45)59)55(47)42-35-34-41(36-37(42)2)58-61-56(39-17-6-5-7-18-39)60-57(62-58)40-32-30-38(31-33-40)43-24-16-29-53-54(43)48-23-11-15-28-52(48)63-53/h3-37H,1-2H3/b4-3-,47-19-,55-42-. The Kier molecular flexibility index (Phi) is 8.55. The van der Waals surface area contributed by atoms with Gasteiger partial charge < -0.3 is 4.42 Å². The molecule has 12 rings (SSSR count). The van der Waals surface area contributed by atoms with Gasteiger partial charge in [-0.05, 0) is 80.3 Å². The van der Waals surface area contributed by atoms with E-state index in [-0.39, 0.29) is 5.92 Å². The highest BCUT2D eigenvalue weighted by Gasteiger charge is 2.54. The summed E-state index contributed by atoms with van der Waals surface area (Å²) >= 11 is 0. The third-order valence-electron chi connectivity index (χ3n) is 13.1. The van der Waals surface area contributed by atoms with Gasteiger partial charge in [-0.2, -0.15) is 0 Å². The second-order valence-corrected chi connectivity index (χ2v) is 16.6. The molecule has 3 aliphatic carbocycles. The monoisotopic (exact) mass is 807 g/mol. The summed E-state index contributed by atoms with van der Waals surface area (Å²) in [6, 6.07) is 60.2. The van der Waals surface area contributed by atoms with E-state index < -0.39 is 5.41 Å². The van der Waals surface area contributed by atoms with E-state index in [0.29, 0.717) is 17.5 Å². The largest absolute Gasteiger partial charge is 0.456 e. The van der Waals surface area contributed by atoms with Gasteiger partial charge in [0.1, 0.15) is 11.2 Å². The number of hydrogen-bond donors (Lipinski definition) is 0. The Morgan fingerprint density at radius 3 is 1.76 bits per heavy atom. The van der Waals surface area contributed by atoms with Gasteiger partial charge in [-0.15, -0.1) is 0 Å². The molecule has 7 aromatic carbocycles. The highest BCUT2D eigenvalue weighted by atomic mass is 16.3. The Balaban J connectivity index is 0.995. The van der Waals surface area contributed by atoms with Crippen molar-refractivity contribution in [3.8, 4) is 45.0 Å². The van der Waals surface area contributed by atoms with Crippen LogP contribution in [0.3, 0.4) is 0 Å². The lowest BCUT2D eigenvalue weighted by Crippen LogP contribution is -2.28. The number of hydrogen-bond acceptors (Lipinski definition) is 4. The molecule has 0 saturated heterocycles. The second kappa shape index (κ2) is 14.6. The summed E-state index contributed by atoms with van der Waals surface area (Å²) in [5.41, 5.74) is 18.1. The predicted octanol–water partition coefficient (Wildman–Crippen LogP) is 14.6. The van der Waals surface area contributed by atoms with Crippen molar-refractivity contribution in [2.75, 3.05) is 0 Å². The van der Waals surface area contributed by atoms with Gasteiger partial charge in [-0.25, -0.2) is 15.0 Å². The molecule has 0 bridgehead atoms. The molecule has 0 N–H and O–H groups in total. The lowest BCUT2D eigenvalue weighted by Gasteiger charge is -2.34. The van der Waals surface area contributed by atoms with Crippen molar-refractivity contribution < 1.29 is 4.42 Å². The fourth-order valence-corrected chi connectivity index (χ4v) is 10.4. The van der Waals surface area contributed by atoms with Gasteiger partial charge in [0.05, 0.1) is 5.41 Å². The minimum atomic E-state index is -0.473. The average Bonchev–Trinajstić information content (AvgIpc) is 3.97. The number of aromatic nitrogens is 3. The first kappa shape index (κ1) is 36.9. The Morgan fingerprint density at radius 1 is 0.508 bits per heavy atom. The molecule has 4 nitrogen and oxygen atoms in total. The fraction of sp³-hybridized carbons (Fsp3) is 0.0678. The van der Waals surface area contributed by atoms with Crippen molar-refractivity contribution in [2.24, 2.45) is 5.92 Å². The van der Waals surface area contributed by atoms with Gasteiger partial charge in [0.2, 0.25) is 0 Å². The molecule has 0 radical (unpaired) electrons. The summed E-state index contributed by atoms with van der Waals surface area (Å²) in [6.07, 6.45) is 13.5. The Labute approximate surface area is 366 Å². The molecule has 1 spiro atoms. The molecule has 0 fully saturated rings. The van der Waals surface area contributed by atoms with Gasteiger partial charge in [-0.1, -0.05) is 201 Å². The van der Waals surface area contributed by atoms with E-state index in [1.165, 1.54) is 50.1 Å². The molecule has 0 amide bonds. The summed E-state index contributed by atoms with van der Waals surface area (Å²) in [5.74, 6) is 1.96. The SMILES string of the molecule is C\C=C/C=C1\C(=C2/C=CC(c3nc(-c4ccccc4)nc(-c4ccc(-c5cccc6oc7ccccc7c56)cc4)n3)=CC2C)C2(c3ccccc31)c1ccccc1-c1ccccc12. The summed E-state index contributed by atoms with van der Waals surface area (Å²) in [6.45, 7) is 4.40. The first-order valence-electron chi connectivity index (χ1n) is 21.7. The minimum Gasteiger partial charge on any atom is -0.456 e. The number of allylic oxidation sites excluding steroid dienone is 10. The molecular weight excluding hydrogens is 767 g/mol. The van der Waals surface area contributed by atoms with Crippen LogP contribution in [0.15, 0.2) is 222 Å². The van der Waals surface area contributed by atoms with Crippen LogP contribution in [0.1, 0.15) is 41.9 Å². The van der Waals surface area contributed by atoms with Crippen LogP contribution >= 0.6 is 0 Å². The average molecular weight is 808 g/mol.